The van der Waals surface area contributed by atoms with Crippen LogP contribution in [0.2, 0.25) is 0 Å². The van der Waals surface area contributed by atoms with Gasteiger partial charge in [-0.05, 0) is 12.3 Å². The number of urea groups is 1. The summed E-state index contributed by atoms with van der Waals surface area (Å²) in [7, 11) is 1.33. The van der Waals surface area contributed by atoms with Crippen LogP contribution in [0.15, 0.2) is 0 Å². The summed E-state index contributed by atoms with van der Waals surface area (Å²) >= 11 is 0. The summed E-state index contributed by atoms with van der Waals surface area (Å²) in [6.07, 6.45) is 1.27. The zero-order valence-electron chi connectivity index (χ0n) is 12.8. The molecule has 3 atom stereocenters. The highest BCUT2D eigenvalue weighted by molar-refractivity contribution is 5.79. The highest BCUT2D eigenvalue weighted by atomic mass is 16.5. The smallest absolute Gasteiger partial charge is 0.317 e. The zero-order chi connectivity index (χ0) is 16.0. The number of ether oxygens (including phenoxy) is 1. The van der Waals surface area contributed by atoms with Crippen LogP contribution in [0.5, 0.6) is 0 Å². The van der Waals surface area contributed by atoms with E-state index in [4.69, 9.17) is 9.84 Å². The molecule has 0 aromatic rings. The van der Waals surface area contributed by atoms with Crippen LogP contribution in [0.3, 0.4) is 0 Å². The Morgan fingerprint density at radius 3 is 2.57 bits per heavy atom. The molecule has 1 aliphatic heterocycles. The first-order valence-electron chi connectivity index (χ1n) is 7.24. The number of aliphatic carboxylic acids is 1. The fraction of sp³-hybridized carbons (Fsp3) is 0.786. The Morgan fingerprint density at radius 1 is 1.38 bits per heavy atom. The largest absolute Gasteiger partial charge is 0.481 e. The molecule has 3 unspecified atom stereocenters. The molecule has 1 saturated heterocycles. The van der Waals surface area contributed by atoms with Crippen molar-refractivity contribution in [1.29, 1.82) is 0 Å². The van der Waals surface area contributed by atoms with Crippen LogP contribution in [0.1, 0.15) is 26.7 Å². The summed E-state index contributed by atoms with van der Waals surface area (Å²) in [6.45, 7) is 4.69. The minimum Gasteiger partial charge on any atom is -0.481 e. The van der Waals surface area contributed by atoms with Crippen LogP contribution in [0.25, 0.3) is 0 Å². The summed E-state index contributed by atoms with van der Waals surface area (Å²) in [5.41, 5.74) is 0. The van der Waals surface area contributed by atoms with Gasteiger partial charge in [-0.15, -0.1) is 0 Å². The van der Waals surface area contributed by atoms with Gasteiger partial charge in [0.15, 0.2) is 0 Å². The zero-order valence-corrected chi connectivity index (χ0v) is 12.8. The summed E-state index contributed by atoms with van der Waals surface area (Å²) in [6, 6.07) is -0.324. The number of nitrogens with zero attached hydrogens (tertiary/aromatic N) is 1. The van der Waals surface area contributed by atoms with Crippen LogP contribution >= 0.6 is 0 Å². The number of carbonyl (C=O) groups excluding carboxylic acids is 2. The SMILES string of the molecule is CCCC(CNC(=O)N1CC(C)C(C(=O)OC)C1)C(=O)O. The number of carboxylic acids is 1. The number of nitrogens with one attached hydrogen (secondary N) is 1. The van der Waals surface area contributed by atoms with Gasteiger partial charge in [0.25, 0.3) is 0 Å². The van der Waals surface area contributed by atoms with Gasteiger partial charge in [0, 0.05) is 19.6 Å². The summed E-state index contributed by atoms with van der Waals surface area (Å²) < 4.78 is 4.72. The van der Waals surface area contributed by atoms with Crippen LogP contribution < -0.4 is 5.32 Å². The average Bonchev–Trinajstić information content (AvgIpc) is 2.84. The average molecular weight is 300 g/mol. The van der Waals surface area contributed by atoms with Gasteiger partial charge in [-0.1, -0.05) is 20.3 Å². The summed E-state index contributed by atoms with van der Waals surface area (Å²) in [5.74, 6) is -2.07. The van der Waals surface area contributed by atoms with Crippen molar-refractivity contribution in [3.8, 4) is 0 Å². The van der Waals surface area contributed by atoms with Crippen LogP contribution in [0, 0.1) is 17.8 Å². The van der Waals surface area contributed by atoms with Crippen molar-refractivity contribution in [2.45, 2.75) is 26.7 Å². The topological polar surface area (TPSA) is 95.9 Å². The van der Waals surface area contributed by atoms with E-state index in [1.165, 1.54) is 12.0 Å². The molecular weight excluding hydrogens is 276 g/mol. The normalized spacial score (nSPS) is 22.7. The minimum absolute atomic E-state index is 0.0362. The highest BCUT2D eigenvalue weighted by Gasteiger charge is 2.37. The Balaban J connectivity index is 2.50. The first-order valence-corrected chi connectivity index (χ1v) is 7.24. The summed E-state index contributed by atoms with van der Waals surface area (Å²) in [4.78, 5) is 36.2. The molecule has 120 valence electrons. The van der Waals surface area contributed by atoms with Gasteiger partial charge in [0.1, 0.15) is 0 Å². The van der Waals surface area contributed by atoms with E-state index in [9.17, 15) is 14.4 Å². The number of carboxylic acid groups (broad SMARTS) is 1. The number of esters is 1. The van der Waals surface area contributed by atoms with E-state index in [1.807, 2.05) is 13.8 Å². The van der Waals surface area contributed by atoms with Gasteiger partial charge in [-0.25, -0.2) is 4.79 Å². The fourth-order valence-corrected chi connectivity index (χ4v) is 2.57. The molecule has 1 aliphatic rings. The Bertz CT molecular complexity index is 399. The van der Waals surface area contributed by atoms with E-state index < -0.39 is 11.9 Å². The quantitative estimate of drug-likeness (QED) is 0.712. The lowest BCUT2D eigenvalue weighted by Crippen LogP contribution is -2.42. The molecule has 1 rings (SSSR count). The number of methoxy groups -OCH3 is 1. The lowest BCUT2D eigenvalue weighted by molar-refractivity contribution is -0.146. The molecule has 0 spiro atoms. The number of hydrogen-bond acceptors (Lipinski definition) is 4. The Labute approximate surface area is 124 Å². The van der Waals surface area contributed by atoms with Crippen molar-refractivity contribution in [1.82, 2.24) is 10.2 Å². The number of rotatable bonds is 6. The lowest BCUT2D eigenvalue weighted by Gasteiger charge is -2.19. The third-order valence-corrected chi connectivity index (χ3v) is 3.89. The molecule has 2 N–H and O–H groups in total. The number of carbonyl (C=O) groups is 3. The molecule has 0 aromatic heterocycles. The van der Waals surface area contributed by atoms with Crippen molar-refractivity contribution in [2.24, 2.45) is 17.8 Å². The van der Waals surface area contributed by atoms with Crippen molar-refractivity contribution >= 4 is 18.0 Å². The predicted molar refractivity (Wildman–Crippen MR) is 75.7 cm³/mol. The van der Waals surface area contributed by atoms with Crippen molar-refractivity contribution < 1.29 is 24.2 Å². The van der Waals surface area contributed by atoms with Gasteiger partial charge in [-0.2, -0.15) is 0 Å². The van der Waals surface area contributed by atoms with Gasteiger partial charge in [0.2, 0.25) is 0 Å². The standard InChI is InChI=1S/C14H24N2O5/c1-4-5-10(12(17)18)6-15-14(20)16-7-9(2)11(8-16)13(19)21-3/h9-11H,4-8H2,1-3H3,(H,15,20)(H,17,18). The Morgan fingerprint density at radius 2 is 2.05 bits per heavy atom. The van der Waals surface area contributed by atoms with E-state index in [1.54, 1.807) is 0 Å². The van der Waals surface area contributed by atoms with Crippen molar-refractivity contribution in [2.75, 3.05) is 26.7 Å². The first-order chi connectivity index (χ1) is 9.90. The van der Waals surface area contributed by atoms with Gasteiger partial charge in [0.05, 0.1) is 18.9 Å². The maximum atomic E-state index is 12.0. The molecule has 21 heavy (non-hydrogen) atoms. The molecule has 7 heteroatoms. The number of likely N-dealkylation sites (tertiary alicyclic amines) is 1. The fourth-order valence-electron chi connectivity index (χ4n) is 2.57. The van der Waals surface area contributed by atoms with Crippen LogP contribution in [-0.2, 0) is 14.3 Å². The summed E-state index contributed by atoms with van der Waals surface area (Å²) in [5, 5.41) is 11.7. The Kier molecular flexibility index (Phi) is 6.45. The number of hydrogen-bond donors (Lipinski definition) is 2. The van der Waals surface area contributed by atoms with E-state index >= 15 is 0 Å². The minimum atomic E-state index is -0.903. The van der Waals surface area contributed by atoms with Crippen molar-refractivity contribution in [3.05, 3.63) is 0 Å². The third kappa shape index (κ3) is 4.61. The molecule has 7 nitrogen and oxygen atoms in total. The molecule has 0 aliphatic carbocycles. The molecule has 0 bridgehead atoms. The molecule has 1 fully saturated rings. The monoisotopic (exact) mass is 300 g/mol. The Hall–Kier alpha value is -1.79. The first kappa shape index (κ1) is 17.3. The lowest BCUT2D eigenvalue weighted by atomic mass is 9.99. The van der Waals surface area contributed by atoms with Gasteiger partial charge >= 0.3 is 18.0 Å². The van der Waals surface area contributed by atoms with Crippen LogP contribution in [0.4, 0.5) is 4.79 Å². The molecule has 0 aromatic carbocycles. The molecule has 2 amide bonds. The maximum Gasteiger partial charge on any atom is 0.317 e. The second-order valence-corrected chi connectivity index (χ2v) is 5.52. The van der Waals surface area contributed by atoms with Gasteiger partial charge in [-0.3, -0.25) is 9.59 Å². The third-order valence-electron chi connectivity index (χ3n) is 3.89. The van der Waals surface area contributed by atoms with E-state index in [2.05, 4.69) is 5.32 Å². The van der Waals surface area contributed by atoms with E-state index in [0.29, 0.717) is 19.5 Å². The molecular formula is C14H24N2O5. The molecule has 1 heterocycles. The molecule has 0 radical (unpaired) electrons. The second kappa shape index (κ2) is 7.85. The second-order valence-electron chi connectivity index (χ2n) is 5.52. The van der Waals surface area contributed by atoms with E-state index in [-0.39, 0.29) is 30.4 Å². The molecule has 0 saturated carbocycles. The highest BCUT2D eigenvalue weighted by Crippen LogP contribution is 2.24. The maximum absolute atomic E-state index is 12.0. The number of amides is 2. The van der Waals surface area contributed by atoms with Gasteiger partial charge < -0.3 is 20.1 Å². The van der Waals surface area contributed by atoms with Crippen molar-refractivity contribution in [3.63, 3.8) is 0 Å². The van der Waals surface area contributed by atoms with E-state index in [0.717, 1.165) is 6.42 Å². The predicted octanol–water partition coefficient (Wildman–Crippen LogP) is 0.938. The van der Waals surface area contributed by atoms with Crippen LogP contribution in [-0.4, -0.2) is 54.7 Å².